The summed E-state index contributed by atoms with van der Waals surface area (Å²) in [6, 6.07) is 2.58. The molecule has 2 heterocycles. The van der Waals surface area contributed by atoms with Gasteiger partial charge in [0.25, 0.3) is 0 Å². The molecule has 2 aromatic heterocycles. The Labute approximate surface area is 140 Å². The summed E-state index contributed by atoms with van der Waals surface area (Å²) in [5.74, 6) is 6.90. The van der Waals surface area contributed by atoms with E-state index < -0.39 is 0 Å². The number of nitrogens with zero attached hydrogens (tertiary/aromatic N) is 4. The summed E-state index contributed by atoms with van der Waals surface area (Å²) in [5.41, 5.74) is 3.09. The predicted molar refractivity (Wildman–Crippen MR) is 91.4 cm³/mol. The van der Waals surface area contributed by atoms with E-state index in [4.69, 9.17) is 5.84 Å². The predicted octanol–water partition coefficient (Wildman–Crippen LogP) is 2.81. The number of rotatable bonds is 5. The van der Waals surface area contributed by atoms with Crippen molar-refractivity contribution in [3.63, 3.8) is 0 Å². The van der Waals surface area contributed by atoms with Crippen LogP contribution >= 0.6 is 11.8 Å². The molecule has 1 fully saturated rings. The fourth-order valence-corrected chi connectivity index (χ4v) is 4.23. The van der Waals surface area contributed by atoms with Crippen molar-refractivity contribution in [2.24, 2.45) is 0 Å². The highest BCUT2D eigenvalue weighted by molar-refractivity contribution is 7.99. The van der Waals surface area contributed by atoms with Gasteiger partial charge in [0.15, 0.2) is 5.78 Å². The minimum atomic E-state index is 0.119. The molecule has 0 saturated heterocycles. The molecule has 0 unspecified atom stereocenters. The molecule has 124 valence electrons. The van der Waals surface area contributed by atoms with Crippen LogP contribution in [0, 0.1) is 20.8 Å². The van der Waals surface area contributed by atoms with Gasteiger partial charge in [0.1, 0.15) is 5.82 Å². The highest BCUT2D eigenvalue weighted by Gasteiger charge is 2.23. The molecule has 3 rings (SSSR count). The van der Waals surface area contributed by atoms with Crippen molar-refractivity contribution >= 4 is 17.5 Å². The first-order valence-corrected chi connectivity index (χ1v) is 8.99. The molecule has 1 aliphatic carbocycles. The molecule has 23 heavy (non-hydrogen) atoms. The molecule has 0 atom stereocenters. The molecule has 6 nitrogen and oxygen atoms in total. The van der Waals surface area contributed by atoms with Crippen LogP contribution in [-0.4, -0.2) is 31.0 Å². The molecule has 2 aromatic rings. The third-order valence-corrected chi connectivity index (χ3v) is 5.59. The van der Waals surface area contributed by atoms with Gasteiger partial charge in [0.2, 0.25) is 5.16 Å². The number of nitrogens with two attached hydrogens (primary N) is 1. The molecule has 1 saturated carbocycles. The zero-order valence-electron chi connectivity index (χ0n) is 13.9. The van der Waals surface area contributed by atoms with Gasteiger partial charge in [-0.25, -0.2) is 4.68 Å². The number of carbonyl (C=O) groups is 1. The van der Waals surface area contributed by atoms with Crippen LogP contribution in [0.5, 0.6) is 0 Å². The first kappa shape index (κ1) is 16.1. The van der Waals surface area contributed by atoms with Crippen LogP contribution < -0.4 is 5.84 Å². The molecular formula is C16H23N5OS. The summed E-state index contributed by atoms with van der Waals surface area (Å²) in [6.45, 7) is 5.93. The molecular weight excluding hydrogens is 310 g/mol. The molecule has 0 radical (unpaired) electrons. The SMILES string of the molecule is Cc1nnc(SCC(=O)c2cc(C)n(C3CCCC3)c2C)n1N. The lowest BCUT2D eigenvalue weighted by Crippen LogP contribution is -2.13. The van der Waals surface area contributed by atoms with E-state index in [0.717, 1.165) is 11.3 Å². The fourth-order valence-electron chi connectivity index (χ4n) is 3.44. The Morgan fingerprint density at radius 3 is 2.61 bits per heavy atom. The van der Waals surface area contributed by atoms with Crippen LogP contribution in [-0.2, 0) is 0 Å². The van der Waals surface area contributed by atoms with Crippen LogP contribution in [0.25, 0.3) is 0 Å². The monoisotopic (exact) mass is 333 g/mol. The quantitative estimate of drug-likeness (QED) is 0.517. The second kappa shape index (κ2) is 6.39. The Kier molecular flexibility index (Phi) is 4.48. The Morgan fingerprint density at radius 2 is 2.00 bits per heavy atom. The first-order valence-electron chi connectivity index (χ1n) is 8.00. The van der Waals surface area contributed by atoms with Gasteiger partial charge in [-0.1, -0.05) is 24.6 Å². The Hall–Kier alpha value is -1.76. The second-order valence-corrected chi connectivity index (χ2v) is 7.15. The highest BCUT2D eigenvalue weighted by atomic mass is 32.2. The number of thioether (sulfide) groups is 1. The van der Waals surface area contributed by atoms with Crippen molar-refractivity contribution in [3.8, 4) is 0 Å². The van der Waals surface area contributed by atoms with Crippen molar-refractivity contribution in [2.45, 2.75) is 57.7 Å². The van der Waals surface area contributed by atoms with Crippen LogP contribution in [0.1, 0.15) is 59.3 Å². The average Bonchev–Trinajstić information content (AvgIpc) is 3.21. The maximum Gasteiger partial charge on any atom is 0.210 e. The molecule has 7 heteroatoms. The van der Waals surface area contributed by atoms with Crippen LogP contribution in [0.3, 0.4) is 0 Å². The number of nitrogen functional groups attached to an aromatic ring is 1. The smallest absolute Gasteiger partial charge is 0.210 e. The third kappa shape index (κ3) is 3.02. The van der Waals surface area contributed by atoms with Crippen LogP contribution in [0.15, 0.2) is 11.2 Å². The molecule has 1 aliphatic rings. The van der Waals surface area contributed by atoms with Gasteiger partial charge in [-0.2, -0.15) is 0 Å². The van der Waals surface area contributed by atoms with Gasteiger partial charge in [0.05, 0.1) is 5.75 Å². The van der Waals surface area contributed by atoms with E-state index in [2.05, 4.69) is 28.6 Å². The summed E-state index contributed by atoms with van der Waals surface area (Å²) < 4.78 is 3.76. The number of hydrogen-bond acceptors (Lipinski definition) is 5. The van der Waals surface area contributed by atoms with Gasteiger partial charge in [-0.15, -0.1) is 10.2 Å². The highest BCUT2D eigenvalue weighted by Crippen LogP contribution is 2.33. The van der Waals surface area contributed by atoms with Crippen LogP contribution in [0.2, 0.25) is 0 Å². The Balaban J connectivity index is 1.75. The van der Waals surface area contributed by atoms with Gasteiger partial charge in [-0.05, 0) is 39.7 Å². The van der Waals surface area contributed by atoms with Crippen molar-refractivity contribution in [3.05, 3.63) is 28.8 Å². The second-order valence-electron chi connectivity index (χ2n) is 6.20. The van der Waals surface area contributed by atoms with E-state index in [1.165, 1.54) is 47.8 Å². The molecule has 0 aliphatic heterocycles. The average molecular weight is 333 g/mol. The van der Waals surface area contributed by atoms with Gasteiger partial charge in [-0.3, -0.25) is 4.79 Å². The summed E-state index contributed by atoms with van der Waals surface area (Å²) in [4.78, 5) is 12.6. The lowest BCUT2D eigenvalue weighted by Gasteiger charge is -2.17. The van der Waals surface area contributed by atoms with E-state index in [-0.39, 0.29) is 5.78 Å². The standard InChI is InChI=1S/C16H23N5OS/c1-10-8-14(11(2)20(10)13-6-4-5-7-13)15(22)9-23-16-19-18-12(3)21(16)17/h8,13H,4-7,9,17H2,1-3H3. The molecule has 0 amide bonds. The van der Waals surface area contributed by atoms with E-state index >= 15 is 0 Å². The fraction of sp³-hybridized carbons (Fsp3) is 0.562. The van der Waals surface area contributed by atoms with Crippen molar-refractivity contribution in [1.29, 1.82) is 0 Å². The number of Topliss-reactive ketones (excluding diaryl/α,β-unsaturated/α-hetero) is 1. The third-order valence-electron chi connectivity index (χ3n) is 4.64. The van der Waals surface area contributed by atoms with Crippen LogP contribution in [0.4, 0.5) is 0 Å². The number of aryl methyl sites for hydroxylation is 2. The number of carbonyl (C=O) groups excluding carboxylic acids is 1. The van der Waals surface area contributed by atoms with Gasteiger partial charge >= 0.3 is 0 Å². The molecule has 0 aromatic carbocycles. The maximum atomic E-state index is 12.6. The maximum absolute atomic E-state index is 12.6. The van der Waals surface area contributed by atoms with E-state index in [1.807, 2.05) is 6.07 Å². The Bertz CT molecular complexity index is 727. The zero-order valence-corrected chi connectivity index (χ0v) is 14.7. The first-order chi connectivity index (χ1) is 11.0. The van der Waals surface area contributed by atoms with Gasteiger partial charge < -0.3 is 10.4 Å². The van der Waals surface area contributed by atoms with E-state index in [1.54, 1.807) is 6.92 Å². The van der Waals surface area contributed by atoms with Crippen molar-refractivity contribution < 1.29 is 4.79 Å². The topological polar surface area (TPSA) is 78.7 Å². The Morgan fingerprint density at radius 1 is 1.30 bits per heavy atom. The minimum absolute atomic E-state index is 0.119. The van der Waals surface area contributed by atoms with Gasteiger partial charge in [0, 0.05) is 23.0 Å². The number of ketones is 1. The zero-order chi connectivity index (χ0) is 16.6. The number of aromatic nitrogens is 4. The normalized spacial score (nSPS) is 15.4. The largest absolute Gasteiger partial charge is 0.345 e. The molecule has 2 N–H and O–H groups in total. The summed E-state index contributed by atoms with van der Waals surface area (Å²) in [5, 5.41) is 8.46. The van der Waals surface area contributed by atoms with Crippen molar-refractivity contribution in [1.82, 2.24) is 19.4 Å². The van der Waals surface area contributed by atoms with Crippen molar-refractivity contribution in [2.75, 3.05) is 11.6 Å². The molecule has 0 spiro atoms. The lowest BCUT2D eigenvalue weighted by molar-refractivity contribution is 0.102. The van der Waals surface area contributed by atoms with E-state index in [9.17, 15) is 4.79 Å². The lowest BCUT2D eigenvalue weighted by atomic mass is 10.2. The number of hydrogen-bond donors (Lipinski definition) is 1. The summed E-state index contributed by atoms with van der Waals surface area (Å²) >= 11 is 1.33. The van der Waals surface area contributed by atoms with E-state index in [0.29, 0.717) is 22.8 Å². The summed E-state index contributed by atoms with van der Waals surface area (Å²) in [6.07, 6.45) is 5.00. The summed E-state index contributed by atoms with van der Waals surface area (Å²) in [7, 11) is 0. The minimum Gasteiger partial charge on any atom is -0.345 e. The molecule has 0 bridgehead atoms.